The lowest BCUT2D eigenvalue weighted by Crippen LogP contribution is -2.10. The summed E-state index contributed by atoms with van der Waals surface area (Å²) in [6, 6.07) is 9.49. The molecule has 1 aromatic heterocycles. The predicted octanol–water partition coefficient (Wildman–Crippen LogP) is 2.49. The van der Waals surface area contributed by atoms with Crippen LogP contribution in [0.25, 0.3) is 0 Å². The zero-order chi connectivity index (χ0) is 13.5. The molecule has 1 unspecified atom stereocenters. The molecule has 0 aliphatic heterocycles. The van der Waals surface area contributed by atoms with Crippen LogP contribution >= 0.6 is 0 Å². The fourth-order valence-electron chi connectivity index (χ4n) is 1.73. The van der Waals surface area contributed by atoms with Crippen molar-refractivity contribution in [1.29, 1.82) is 0 Å². The van der Waals surface area contributed by atoms with Crippen LogP contribution in [0.1, 0.15) is 37.5 Å². The molecule has 19 heavy (non-hydrogen) atoms. The predicted molar refractivity (Wildman–Crippen MR) is 71.8 cm³/mol. The third kappa shape index (κ3) is 4.06. The number of benzene rings is 1. The smallest absolute Gasteiger partial charge is 0.243 e. The SMILES string of the molecule is CCCC(N)c1nc(CCOc2ccccc2)no1. The zero-order valence-electron chi connectivity index (χ0n) is 11.1. The zero-order valence-corrected chi connectivity index (χ0v) is 11.1. The fraction of sp³-hybridized carbons (Fsp3) is 0.429. The lowest BCUT2D eigenvalue weighted by atomic mass is 10.2. The largest absolute Gasteiger partial charge is 0.493 e. The Hall–Kier alpha value is -1.88. The van der Waals surface area contributed by atoms with Crippen molar-refractivity contribution in [3.8, 4) is 5.75 Å². The molecule has 0 saturated heterocycles. The van der Waals surface area contributed by atoms with E-state index in [1.165, 1.54) is 0 Å². The van der Waals surface area contributed by atoms with Crippen LogP contribution in [-0.2, 0) is 6.42 Å². The van der Waals surface area contributed by atoms with Crippen molar-refractivity contribution in [2.24, 2.45) is 5.73 Å². The molecule has 0 fully saturated rings. The van der Waals surface area contributed by atoms with Gasteiger partial charge in [-0.15, -0.1) is 0 Å². The summed E-state index contributed by atoms with van der Waals surface area (Å²) < 4.78 is 10.7. The van der Waals surface area contributed by atoms with E-state index >= 15 is 0 Å². The number of nitrogens with zero attached hydrogens (tertiary/aromatic N) is 2. The van der Waals surface area contributed by atoms with Gasteiger partial charge in [-0.05, 0) is 18.6 Å². The first-order valence-electron chi connectivity index (χ1n) is 6.55. The van der Waals surface area contributed by atoms with E-state index in [4.69, 9.17) is 15.0 Å². The highest BCUT2D eigenvalue weighted by Crippen LogP contribution is 2.13. The second-order valence-corrected chi connectivity index (χ2v) is 4.36. The van der Waals surface area contributed by atoms with Gasteiger partial charge in [0.2, 0.25) is 5.89 Å². The summed E-state index contributed by atoms with van der Waals surface area (Å²) in [4.78, 5) is 4.28. The molecular formula is C14H19N3O2. The molecule has 0 aliphatic rings. The fourth-order valence-corrected chi connectivity index (χ4v) is 1.73. The molecule has 2 rings (SSSR count). The summed E-state index contributed by atoms with van der Waals surface area (Å²) in [6.07, 6.45) is 2.45. The first-order valence-corrected chi connectivity index (χ1v) is 6.55. The van der Waals surface area contributed by atoms with Gasteiger partial charge in [0.05, 0.1) is 12.6 Å². The molecule has 0 amide bonds. The van der Waals surface area contributed by atoms with Crippen molar-refractivity contribution in [2.45, 2.75) is 32.2 Å². The average Bonchev–Trinajstić information content (AvgIpc) is 2.89. The topological polar surface area (TPSA) is 74.2 Å². The van der Waals surface area contributed by atoms with E-state index in [0.717, 1.165) is 18.6 Å². The van der Waals surface area contributed by atoms with Gasteiger partial charge in [-0.1, -0.05) is 36.7 Å². The van der Waals surface area contributed by atoms with Crippen LogP contribution in [0.4, 0.5) is 0 Å². The molecule has 0 bridgehead atoms. The lowest BCUT2D eigenvalue weighted by Gasteiger charge is -2.03. The van der Waals surface area contributed by atoms with Gasteiger partial charge in [0, 0.05) is 6.42 Å². The number of hydrogen-bond acceptors (Lipinski definition) is 5. The summed E-state index contributed by atoms with van der Waals surface area (Å²) >= 11 is 0. The minimum absolute atomic E-state index is 0.165. The minimum Gasteiger partial charge on any atom is -0.493 e. The normalized spacial score (nSPS) is 12.3. The number of ether oxygens (including phenoxy) is 1. The standard InChI is InChI=1S/C14H19N3O2/c1-2-6-12(15)14-16-13(17-19-14)9-10-18-11-7-4-3-5-8-11/h3-5,7-8,12H,2,6,9-10,15H2,1H3. The Morgan fingerprint density at radius 1 is 1.32 bits per heavy atom. The molecular weight excluding hydrogens is 242 g/mol. The van der Waals surface area contributed by atoms with Gasteiger partial charge in [0.25, 0.3) is 0 Å². The maximum Gasteiger partial charge on any atom is 0.243 e. The number of nitrogens with two attached hydrogens (primary N) is 1. The van der Waals surface area contributed by atoms with Gasteiger partial charge in [0.1, 0.15) is 5.75 Å². The van der Waals surface area contributed by atoms with Crippen molar-refractivity contribution in [1.82, 2.24) is 10.1 Å². The summed E-state index contributed by atoms with van der Waals surface area (Å²) in [5, 5.41) is 3.90. The van der Waals surface area contributed by atoms with Gasteiger partial charge < -0.3 is 15.0 Å². The Kier molecular flexibility index (Phi) is 4.92. The quantitative estimate of drug-likeness (QED) is 0.828. The second kappa shape index (κ2) is 6.89. The summed E-state index contributed by atoms with van der Waals surface area (Å²) in [5.74, 6) is 1.99. The number of hydrogen-bond donors (Lipinski definition) is 1. The molecule has 1 heterocycles. The van der Waals surface area contributed by atoms with Crippen molar-refractivity contribution >= 4 is 0 Å². The third-order valence-corrected chi connectivity index (χ3v) is 2.74. The summed E-state index contributed by atoms with van der Waals surface area (Å²) in [7, 11) is 0. The van der Waals surface area contributed by atoms with Crippen LogP contribution in [0, 0.1) is 0 Å². The van der Waals surface area contributed by atoms with E-state index in [0.29, 0.717) is 24.7 Å². The minimum atomic E-state index is -0.165. The monoisotopic (exact) mass is 261 g/mol. The highest BCUT2D eigenvalue weighted by atomic mass is 16.5. The van der Waals surface area contributed by atoms with Crippen LogP contribution in [0.2, 0.25) is 0 Å². The van der Waals surface area contributed by atoms with Crippen LogP contribution < -0.4 is 10.5 Å². The molecule has 2 N–H and O–H groups in total. The Bertz CT molecular complexity index is 484. The molecule has 1 aromatic carbocycles. The van der Waals surface area contributed by atoms with Crippen molar-refractivity contribution < 1.29 is 9.26 Å². The average molecular weight is 261 g/mol. The van der Waals surface area contributed by atoms with E-state index in [-0.39, 0.29) is 6.04 Å². The Balaban J connectivity index is 1.80. The lowest BCUT2D eigenvalue weighted by molar-refractivity contribution is 0.311. The van der Waals surface area contributed by atoms with Crippen LogP contribution in [-0.4, -0.2) is 16.7 Å². The first kappa shape index (κ1) is 13.5. The maximum atomic E-state index is 5.91. The Morgan fingerprint density at radius 3 is 2.84 bits per heavy atom. The van der Waals surface area contributed by atoms with Gasteiger partial charge in [-0.3, -0.25) is 0 Å². The molecule has 0 spiro atoms. The van der Waals surface area contributed by atoms with Crippen molar-refractivity contribution in [2.75, 3.05) is 6.61 Å². The van der Waals surface area contributed by atoms with E-state index in [1.807, 2.05) is 30.3 Å². The van der Waals surface area contributed by atoms with E-state index in [2.05, 4.69) is 17.1 Å². The van der Waals surface area contributed by atoms with E-state index in [1.54, 1.807) is 0 Å². The van der Waals surface area contributed by atoms with Crippen molar-refractivity contribution in [3.05, 3.63) is 42.0 Å². The highest BCUT2D eigenvalue weighted by molar-refractivity contribution is 5.20. The van der Waals surface area contributed by atoms with Crippen LogP contribution in [0.5, 0.6) is 5.75 Å². The maximum absolute atomic E-state index is 5.91. The van der Waals surface area contributed by atoms with Gasteiger partial charge in [-0.2, -0.15) is 4.98 Å². The highest BCUT2D eigenvalue weighted by Gasteiger charge is 2.13. The second-order valence-electron chi connectivity index (χ2n) is 4.36. The number of aromatic nitrogens is 2. The number of rotatable bonds is 7. The molecule has 0 saturated carbocycles. The summed E-state index contributed by atoms with van der Waals surface area (Å²) in [5.41, 5.74) is 5.91. The number of para-hydroxylation sites is 1. The van der Waals surface area contributed by atoms with E-state index < -0.39 is 0 Å². The van der Waals surface area contributed by atoms with Gasteiger partial charge in [0.15, 0.2) is 5.82 Å². The summed E-state index contributed by atoms with van der Waals surface area (Å²) in [6.45, 7) is 2.59. The van der Waals surface area contributed by atoms with Crippen LogP contribution in [0.3, 0.4) is 0 Å². The molecule has 5 nitrogen and oxygen atoms in total. The third-order valence-electron chi connectivity index (χ3n) is 2.74. The molecule has 1 atom stereocenters. The Morgan fingerprint density at radius 2 is 2.11 bits per heavy atom. The molecule has 5 heteroatoms. The first-order chi connectivity index (χ1) is 9.29. The van der Waals surface area contributed by atoms with Crippen LogP contribution in [0.15, 0.2) is 34.9 Å². The molecule has 0 aliphatic carbocycles. The Labute approximate surface area is 112 Å². The van der Waals surface area contributed by atoms with Crippen molar-refractivity contribution in [3.63, 3.8) is 0 Å². The van der Waals surface area contributed by atoms with E-state index in [9.17, 15) is 0 Å². The molecule has 2 aromatic rings. The molecule has 0 radical (unpaired) electrons. The van der Waals surface area contributed by atoms with Gasteiger partial charge in [-0.25, -0.2) is 0 Å². The van der Waals surface area contributed by atoms with Gasteiger partial charge >= 0.3 is 0 Å². The molecule has 102 valence electrons.